The van der Waals surface area contributed by atoms with Crippen LogP contribution in [-0.4, -0.2) is 66.0 Å². The lowest BCUT2D eigenvalue weighted by Gasteiger charge is -2.37. The first-order chi connectivity index (χ1) is 16.4. The van der Waals surface area contributed by atoms with Crippen LogP contribution in [0.4, 0.5) is 0 Å². The summed E-state index contributed by atoms with van der Waals surface area (Å²) in [6.07, 6.45) is 9.39. The van der Waals surface area contributed by atoms with Gasteiger partial charge in [0.1, 0.15) is 6.04 Å². The van der Waals surface area contributed by atoms with Crippen LogP contribution in [0.3, 0.4) is 0 Å². The maximum absolute atomic E-state index is 13.6. The zero-order valence-corrected chi connectivity index (χ0v) is 20.2. The summed E-state index contributed by atoms with van der Waals surface area (Å²) in [7, 11) is 1.32. The number of oxime groups is 1. The predicted octanol–water partition coefficient (Wildman–Crippen LogP) is 1.33. The first-order valence-electron chi connectivity index (χ1n) is 11.6. The van der Waals surface area contributed by atoms with Crippen molar-refractivity contribution < 1.29 is 24.3 Å². The van der Waals surface area contributed by atoms with Crippen molar-refractivity contribution in [3.05, 3.63) is 34.0 Å². The van der Waals surface area contributed by atoms with Crippen LogP contribution in [0.25, 0.3) is 0 Å². The molecule has 1 aliphatic carbocycles. The van der Waals surface area contributed by atoms with Crippen LogP contribution in [0.2, 0.25) is 0 Å². The summed E-state index contributed by atoms with van der Waals surface area (Å²) in [5.41, 5.74) is 5.61. The molecule has 1 aliphatic heterocycles. The van der Waals surface area contributed by atoms with Gasteiger partial charge < -0.3 is 25.9 Å². The Morgan fingerprint density at radius 2 is 2.06 bits per heavy atom. The third-order valence-electron chi connectivity index (χ3n) is 6.28. The monoisotopic (exact) mass is 491 g/mol. The van der Waals surface area contributed by atoms with E-state index in [1.165, 1.54) is 18.4 Å². The van der Waals surface area contributed by atoms with Crippen molar-refractivity contribution in [2.24, 2.45) is 16.8 Å². The lowest BCUT2D eigenvalue weighted by Crippen LogP contribution is -2.58. The van der Waals surface area contributed by atoms with E-state index in [-0.39, 0.29) is 36.7 Å². The van der Waals surface area contributed by atoms with Gasteiger partial charge in [0.25, 0.3) is 0 Å². The summed E-state index contributed by atoms with van der Waals surface area (Å²) in [4.78, 5) is 41.5. The van der Waals surface area contributed by atoms with Crippen molar-refractivity contribution in [3.8, 4) is 0 Å². The average molecular weight is 492 g/mol. The number of thiophene rings is 1. The molecule has 1 unspecified atom stereocenters. The van der Waals surface area contributed by atoms with Gasteiger partial charge in [0, 0.05) is 11.4 Å². The van der Waals surface area contributed by atoms with Crippen molar-refractivity contribution in [2.45, 2.75) is 57.2 Å². The lowest BCUT2D eigenvalue weighted by molar-refractivity contribution is -0.143. The van der Waals surface area contributed by atoms with Gasteiger partial charge in [-0.2, -0.15) is 0 Å². The van der Waals surface area contributed by atoms with Crippen LogP contribution in [0.1, 0.15) is 48.3 Å². The maximum atomic E-state index is 13.6. The number of carbonyl (C=O) groups excluding carboxylic acids is 3. The molecule has 5 N–H and O–H groups in total. The molecule has 1 aromatic rings. The van der Waals surface area contributed by atoms with Crippen LogP contribution in [0, 0.1) is 5.92 Å². The van der Waals surface area contributed by atoms with Crippen LogP contribution >= 0.6 is 11.3 Å². The molecule has 0 aromatic carbocycles. The number of amides is 2. The highest BCUT2D eigenvalue weighted by Crippen LogP contribution is 2.28. The highest BCUT2D eigenvalue weighted by Gasteiger charge is 2.37. The molecule has 2 atom stereocenters. The third kappa shape index (κ3) is 6.57. The van der Waals surface area contributed by atoms with Crippen molar-refractivity contribution in [1.82, 2.24) is 15.5 Å². The van der Waals surface area contributed by atoms with Crippen molar-refractivity contribution >= 4 is 35.0 Å². The van der Waals surface area contributed by atoms with Gasteiger partial charge in [0.2, 0.25) is 11.8 Å². The second-order valence-corrected chi connectivity index (χ2v) is 9.66. The molecule has 1 fully saturated rings. The van der Waals surface area contributed by atoms with Crippen LogP contribution < -0.4 is 16.4 Å². The smallest absolute Gasteiger partial charge is 0.319 e. The molecule has 186 valence electrons. The van der Waals surface area contributed by atoms with Gasteiger partial charge in [-0.25, -0.2) is 0 Å². The minimum absolute atomic E-state index is 0.0165. The van der Waals surface area contributed by atoms with Crippen molar-refractivity contribution in [1.29, 1.82) is 0 Å². The van der Waals surface area contributed by atoms with E-state index in [0.29, 0.717) is 17.8 Å². The Labute approximate surface area is 203 Å². The Balaban J connectivity index is 1.69. The molecule has 11 heteroatoms. The van der Waals surface area contributed by atoms with Crippen molar-refractivity contribution in [3.63, 3.8) is 0 Å². The summed E-state index contributed by atoms with van der Waals surface area (Å²) >= 11 is 1.31. The van der Waals surface area contributed by atoms with Gasteiger partial charge in [-0.15, -0.1) is 11.3 Å². The quantitative estimate of drug-likeness (QED) is 0.102. The Hall–Kier alpha value is -2.92. The summed E-state index contributed by atoms with van der Waals surface area (Å²) in [6, 6.07) is 2.25. The standard InChI is InChI=1S/C23H33N5O5S/c1-33-19(29)14-25-20(15-7-3-2-4-8-15)23(31)28-12-6-5-9-17(28)22(30)26-13-16-10-11-18(34-16)21(24)27-32/h5,9-11,15,17,20,25,32H,2-4,6-8,12-14H2,1H3,(H2,24,27)(H,26,30)/t17?,20-/m0/s1. The van der Waals surface area contributed by atoms with E-state index in [4.69, 9.17) is 15.7 Å². The maximum Gasteiger partial charge on any atom is 0.319 e. The van der Waals surface area contributed by atoms with Gasteiger partial charge in [-0.1, -0.05) is 36.6 Å². The fourth-order valence-corrected chi connectivity index (χ4v) is 5.31. The normalized spacial score (nSPS) is 20.1. The second kappa shape index (κ2) is 12.5. The number of ether oxygens (including phenoxy) is 1. The number of hydrogen-bond donors (Lipinski definition) is 4. The summed E-state index contributed by atoms with van der Waals surface area (Å²) < 4.78 is 4.74. The number of amidine groups is 1. The van der Waals surface area contributed by atoms with Gasteiger partial charge in [0.05, 0.1) is 31.1 Å². The molecular weight excluding hydrogens is 458 g/mol. The number of methoxy groups -OCH3 is 1. The lowest BCUT2D eigenvalue weighted by atomic mass is 9.83. The topological polar surface area (TPSA) is 146 Å². The molecule has 2 heterocycles. The van der Waals surface area contributed by atoms with E-state index in [2.05, 4.69) is 15.8 Å². The average Bonchev–Trinajstić information content (AvgIpc) is 3.36. The Morgan fingerprint density at radius 3 is 2.76 bits per heavy atom. The molecule has 2 amide bonds. The number of nitrogens with two attached hydrogens (primary N) is 1. The van der Waals surface area contributed by atoms with Crippen LogP contribution in [-0.2, 0) is 25.7 Å². The molecule has 0 spiro atoms. The zero-order valence-electron chi connectivity index (χ0n) is 19.4. The number of carbonyl (C=O) groups is 3. The molecule has 10 nitrogen and oxygen atoms in total. The van der Waals surface area contributed by atoms with E-state index >= 15 is 0 Å². The fraction of sp³-hybridized carbons (Fsp3) is 0.565. The van der Waals surface area contributed by atoms with E-state index in [1.54, 1.807) is 23.1 Å². The van der Waals surface area contributed by atoms with Gasteiger partial charge >= 0.3 is 5.97 Å². The first kappa shape index (κ1) is 25.7. The SMILES string of the molecule is COC(=O)CN[C@H](C(=O)N1CCC=CC1C(=O)NCc1ccc(/C(N)=N/O)s1)C1CCCCC1. The minimum atomic E-state index is -0.726. The van der Waals surface area contributed by atoms with E-state index in [1.807, 2.05) is 6.08 Å². The first-order valence-corrected chi connectivity index (χ1v) is 12.4. The number of nitrogens with zero attached hydrogens (tertiary/aromatic N) is 2. The highest BCUT2D eigenvalue weighted by molar-refractivity contribution is 7.14. The molecule has 1 aromatic heterocycles. The number of esters is 1. The Bertz CT molecular complexity index is 925. The van der Waals surface area contributed by atoms with Crippen LogP contribution in [0.15, 0.2) is 29.4 Å². The molecule has 0 radical (unpaired) electrons. The predicted molar refractivity (Wildman–Crippen MR) is 128 cm³/mol. The molecular formula is C23H33N5O5S. The molecule has 0 saturated heterocycles. The summed E-state index contributed by atoms with van der Waals surface area (Å²) in [6.45, 7) is 0.648. The van der Waals surface area contributed by atoms with Crippen molar-refractivity contribution in [2.75, 3.05) is 20.2 Å². The van der Waals surface area contributed by atoms with Gasteiger partial charge in [0.15, 0.2) is 5.84 Å². The van der Waals surface area contributed by atoms with Gasteiger partial charge in [-0.05, 0) is 37.3 Å². The largest absolute Gasteiger partial charge is 0.468 e. The summed E-state index contributed by atoms with van der Waals surface area (Å²) in [5.74, 6) is -0.737. The number of rotatable bonds is 9. The highest BCUT2D eigenvalue weighted by atomic mass is 32.1. The summed E-state index contributed by atoms with van der Waals surface area (Å²) in [5, 5.41) is 17.8. The number of nitrogens with one attached hydrogen (secondary N) is 2. The zero-order chi connectivity index (χ0) is 24.5. The minimum Gasteiger partial charge on any atom is -0.468 e. The Morgan fingerprint density at radius 1 is 1.29 bits per heavy atom. The molecule has 3 rings (SSSR count). The number of hydrogen-bond acceptors (Lipinski definition) is 8. The van der Waals surface area contributed by atoms with E-state index < -0.39 is 18.1 Å². The third-order valence-corrected chi connectivity index (χ3v) is 7.39. The second-order valence-electron chi connectivity index (χ2n) is 8.50. The fourth-order valence-electron chi connectivity index (χ4n) is 4.46. The Kier molecular flexibility index (Phi) is 9.46. The molecule has 1 saturated carbocycles. The van der Waals surface area contributed by atoms with E-state index in [0.717, 1.165) is 37.0 Å². The molecule has 0 bridgehead atoms. The van der Waals surface area contributed by atoms with Gasteiger partial charge in [-0.3, -0.25) is 19.7 Å². The molecule has 34 heavy (non-hydrogen) atoms. The van der Waals surface area contributed by atoms with Crippen LogP contribution in [0.5, 0.6) is 0 Å². The van der Waals surface area contributed by atoms with E-state index in [9.17, 15) is 14.4 Å². The molecule has 2 aliphatic rings.